The first kappa shape index (κ1) is 16.4. The van der Waals surface area contributed by atoms with E-state index in [9.17, 15) is 4.79 Å². The first-order valence-corrected chi connectivity index (χ1v) is 8.51. The van der Waals surface area contributed by atoms with Gasteiger partial charge in [0.1, 0.15) is 22.9 Å². The van der Waals surface area contributed by atoms with Crippen LogP contribution in [0, 0.1) is 13.8 Å². The molecule has 3 aromatic rings. The first-order valence-electron chi connectivity index (χ1n) is 7.69. The molecule has 0 aliphatic rings. The van der Waals surface area contributed by atoms with Crippen molar-refractivity contribution in [3.05, 3.63) is 52.2 Å². The molecule has 0 saturated heterocycles. The lowest BCUT2D eigenvalue weighted by molar-refractivity contribution is -0.139. The molecule has 1 N–H and O–H groups in total. The third kappa shape index (κ3) is 3.38. The van der Waals surface area contributed by atoms with Gasteiger partial charge in [-0.3, -0.25) is 4.79 Å². The van der Waals surface area contributed by atoms with Crippen LogP contribution in [-0.2, 0) is 22.5 Å². The molecule has 0 aliphatic carbocycles. The van der Waals surface area contributed by atoms with Crippen molar-refractivity contribution in [3.63, 3.8) is 0 Å². The van der Waals surface area contributed by atoms with E-state index in [2.05, 4.69) is 41.3 Å². The van der Waals surface area contributed by atoms with Gasteiger partial charge in [-0.25, -0.2) is 9.97 Å². The largest absolute Gasteiger partial charge is 0.469 e. The summed E-state index contributed by atoms with van der Waals surface area (Å²) >= 11 is 1.62. The Bertz CT molecular complexity index is 875. The van der Waals surface area contributed by atoms with Gasteiger partial charge in [0.15, 0.2) is 0 Å². The van der Waals surface area contributed by atoms with E-state index in [1.807, 2.05) is 18.2 Å². The molecule has 0 radical (unpaired) electrons. The minimum atomic E-state index is -0.339. The van der Waals surface area contributed by atoms with Crippen molar-refractivity contribution in [3.8, 4) is 0 Å². The van der Waals surface area contributed by atoms with Gasteiger partial charge in [0.25, 0.3) is 0 Å². The van der Waals surface area contributed by atoms with Crippen LogP contribution in [0.25, 0.3) is 10.2 Å². The zero-order valence-corrected chi connectivity index (χ0v) is 14.7. The van der Waals surface area contributed by atoms with Crippen molar-refractivity contribution in [2.45, 2.75) is 26.8 Å². The normalized spacial score (nSPS) is 10.8. The number of esters is 1. The average Bonchev–Trinajstić information content (AvgIpc) is 2.88. The van der Waals surface area contributed by atoms with Gasteiger partial charge < -0.3 is 10.1 Å². The first-order chi connectivity index (χ1) is 11.6. The number of carbonyl (C=O) groups excluding carboxylic acids is 1. The van der Waals surface area contributed by atoms with Gasteiger partial charge >= 0.3 is 5.97 Å². The molecule has 2 aromatic heterocycles. The second-order valence-corrected chi connectivity index (χ2v) is 6.75. The van der Waals surface area contributed by atoms with Crippen molar-refractivity contribution in [2.24, 2.45) is 0 Å². The molecule has 0 atom stereocenters. The van der Waals surface area contributed by atoms with Crippen LogP contribution >= 0.6 is 11.3 Å². The molecule has 124 valence electrons. The Morgan fingerprint density at radius 2 is 1.96 bits per heavy atom. The number of ether oxygens (including phenoxy) is 1. The molecule has 0 amide bonds. The van der Waals surface area contributed by atoms with E-state index >= 15 is 0 Å². The number of rotatable bonds is 5. The number of nitrogens with one attached hydrogen (secondary N) is 1. The lowest BCUT2D eigenvalue weighted by Crippen LogP contribution is -2.10. The zero-order chi connectivity index (χ0) is 17.1. The van der Waals surface area contributed by atoms with Crippen molar-refractivity contribution in [1.29, 1.82) is 0 Å². The van der Waals surface area contributed by atoms with Crippen LogP contribution in [0.3, 0.4) is 0 Å². The fourth-order valence-corrected chi connectivity index (χ4v) is 3.53. The minimum Gasteiger partial charge on any atom is -0.469 e. The van der Waals surface area contributed by atoms with Crippen molar-refractivity contribution in [2.75, 3.05) is 12.4 Å². The van der Waals surface area contributed by atoms with E-state index < -0.39 is 0 Å². The zero-order valence-electron chi connectivity index (χ0n) is 13.9. The average molecular weight is 341 g/mol. The van der Waals surface area contributed by atoms with E-state index in [0.29, 0.717) is 12.4 Å². The number of nitrogens with zero attached hydrogens (tertiary/aromatic N) is 2. The molecule has 0 spiro atoms. The Morgan fingerprint density at radius 3 is 2.67 bits per heavy atom. The third-order valence-electron chi connectivity index (χ3n) is 3.91. The number of fused-ring (bicyclic) bond motifs is 1. The van der Waals surface area contributed by atoms with Crippen LogP contribution in [0.4, 0.5) is 5.82 Å². The van der Waals surface area contributed by atoms with Gasteiger partial charge in [-0.15, -0.1) is 11.3 Å². The molecule has 0 fully saturated rings. The molecule has 3 rings (SSSR count). The highest BCUT2D eigenvalue weighted by atomic mass is 32.1. The fraction of sp³-hybridized carbons (Fsp3) is 0.278. The van der Waals surface area contributed by atoms with E-state index in [4.69, 9.17) is 4.74 Å². The predicted octanol–water partition coefficient (Wildman–Crippen LogP) is 3.64. The Hall–Kier alpha value is -2.47. The van der Waals surface area contributed by atoms with Crippen molar-refractivity contribution < 1.29 is 9.53 Å². The number of hydrogen-bond acceptors (Lipinski definition) is 6. The second kappa shape index (κ2) is 6.97. The molecule has 0 unspecified atom stereocenters. The number of anilines is 1. The Labute approximate surface area is 144 Å². The van der Waals surface area contributed by atoms with Crippen molar-refractivity contribution >= 4 is 33.3 Å². The molecule has 5 nitrogen and oxygen atoms in total. The van der Waals surface area contributed by atoms with Crippen LogP contribution in [0.5, 0.6) is 0 Å². The molecule has 0 aliphatic heterocycles. The molecule has 6 heteroatoms. The number of carbonyl (C=O) groups is 1. The number of thiophene rings is 1. The molecule has 0 bridgehead atoms. The maximum absolute atomic E-state index is 11.6. The van der Waals surface area contributed by atoms with Crippen LogP contribution in [-0.4, -0.2) is 23.0 Å². The fourth-order valence-electron chi connectivity index (χ4n) is 2.48. The van der Waals surface area contributed by atoms with E-state index in [-0.39, 0.29) is 12.4 Å². The monoisotopic (exact) mass is 341 g/mol. The highest BCUT2D eigenvalue weighted by Crippen LogP contribution is 2.33. The summed E-state index contributed by atoms with van der Waals surface area (Å²) in [6.45, 7) is 4.81. The number of methoxy groups -OCH3 is 1. The van der Waals surface area contributed by atoms with Crippen LogP contribution in [0.1, 0.15) is 21.8 Å². The standard InChI is InChI=1S/C18H19N3O2S/c1-11-12(2)24-18-16(11)17(19-10-13-7-5-4-6-8-13)20-14(21-18)9-15(22)23-3/h4-8H,9-10H2,1-3H3,(H,19,20,21). The van der Waals surface area contributed by atoms with Crippen LogP contribution < -0.4 is 5.32 Å². The minimum absolute atomic E-state index is 0.0719. The number of benzene rings is 1. The van der Waals surface area contributed by atoms with Crippen molar-refractivity contribution in [1.82, 2.24) is 9.97 Å². The summed E-state index contributed by atoms with van der Waals surface area (Å²) in [7, 11) is 1.37. The molecule has 0 saturated carbocycles. The SMILES string of the molecule is COC(=O)Cc1nc(NCc2ccccc2)c2c(C)c(C)sc2n1. The highest BCUT2D eigenvalue weighted by molar-refractivity contribution is 7.18. The number of aryl methyl sites for hydroxylation is 2. The summed E-state index contributed by atoms with van der Waals surface area (Å²) in [4.78, 5) is 22.8. The molecule has 1 aromatic carbocycles. The summed E-state index contributed by atoms with van der Waals surface area (Å²) in [6, 6.07) is 10.1. The molecular formula is C18H19N3O2S. The number of aromatic nitrogens is 2. The lowest BCUT2D eigenvalue weighted by atomic mass is 10.2. The highest BCUT2D eigenvalue weighted by Gasteiger charge is 2.16. The van der Waals surface area contributed by atoms with Gasteiger partial charge in [0, 0.05) is 11.4 Å². The summed E-state index contributed by atoms with van der Waals surface area (Å²) < 4.78 is 4.73. The second-order valence-electron chi connectivity index (χ2n) is 5.54. The van der Waals surface area contributed by atoms with E-state index in [0.717, 1.165) is 16.0 Å². The van der Waals surface area contributed by atoms with Gasteiger partial charge in [0.05, 0.1) is 12.5 Å². The van der Waals surface area contributed by atoms with E-state index in [1.54, 1.807) is 11.3 Å². The van der Waals surface area contributed by atoms with Gasteiger partial charge in [-0.1, -0.05) is 30.3 Å². The summed E-state index contributed by atoms with van der Waals surface area (Å²) in [6.07, 6.45) is 0.0719. The summed E-state index contributed by atoms with van der Waals surface area (Å²) in [5.41, 5.74) is 2.35. The van der Waals surface area contributed by atoms with Gasteiger partial charge in [0.2, 0.25) is 0 Å². The third-order valence-corrected chi connectivity index (χ3v) is 5.01. The predicted molar refractivity (Wildman–Crippen MR) is 96.4 cm³/mol. The molecule has 24 heavy (non-hydrogen) atoms. The quantitative estimate of drug-likeness (QED) is 0.718. The molecule has 2 heterocycles. The molecular weight excluding hydrogens is 322 g/mol. The summed E-state index contributed by atoms with van der Waals surface area (Å²) in [5.74, 6) is 0.907. The Balaban J connectivity index is 1.97. The van der Waals surface area contributed by atoms with Gasteiger partial charge in [-0.05, 0) is 25.0 Å². The number of hydrogen-bond donors (Lipinski definition) is 1. The van der Waals surface area contributed by atoms with Crippen LogP contribution in [0.15, 0.2) is 30.3 Å². The van der Waals surface area contributed by atoms with Gasteiger partial charge in [-0.2, -0.15) is 0 Å². The maximum Gasteiger partial charge on any atom is 0.313 e. The van der Waals surface area contributed by atoms with E-state index in [1.165, 1.54) is 23.1 Å². The smallest absolute Gasteiger partial charge is 0.313 e. The Morgan fingerprint density at radius 1 is 1.21 bits per heavy atom. The topological polar surface area (TPSA) is 64.1 Å². The maximum atomic E-state index is 11.6. The Kier molecular flexibility index (Phi) is 4.76. The van der Waals surface area contributed by atoms with Crippen LogP contribution in [0.2, 0.25) is 0 Å². The lowest BCUT2D eigenvalue weighted by Gasteiger charge is -2.09. The summed E-state index contributed by atoms with van der Waals surface area (Å²) in [5, 5.41) is 4.42.